The molecule has 1 atom stereocenters. The van der Waals surface area contributed by atoms with E-state index in [2.05, 4.69) is 28.9 Å². The number of carbonyl (C=O) groups excluding carboxylic acids is 1. The fraction of sp³-hybridized carbons (Fsp3) is 0.600. The molecule has 0 spiro atoms. The number of imidazole rings is 1. The molecule has 0 aliphatic carbocycles. The van der Waals surface area contributed by atoms with Gasteiger partial charge in [-0.15, -0.1) is 0 Å². The van der Waals surface area contributed by atoms with E-state index in [4.69, 9.17) is 9.72 Å². The average Bonchev–Trinajstić information content (AvgIpc) is 3.29. The van der Waals surface area contributed by atoms with Crippen molar-refractivity contribution in [1.82, 2.24) is 14.9 Å². The fourth-order valence-electron chi connectivity index (χ4n) is 3.29. The number of rotatable bonds is 10. The third-order valence-electron chi connectivity index (χ3n) is 4.74. The van der Waals surface area contributed by atoms with Crippen LogP contribution in [0.1, 0.15) is 45.4 Å². The Morgan fingerprint density at radius 3 is 3.04 bits per heavy atom. The number of hydrogen-bond acceptors (Lipinski definition) is 4. The SMILES string of the molecule is CCCCCCn1c(SCC(=O)NCC2CCCO2)nc2ccccc21. The lowest BCUT2D eigenvalue weighted by atomic mass is 10.2. The molecule has 1 aromatic carbocycles. The first kappa shape index (κ1) is 19.2. The second-order valence-corrected chi connectivity index (χ2v) is 7.77. The molecular formula is C20H29N3O2S. The maximum absolute atomic E-state index is 12.2. The largest absolute Gasteiger partial charge is 0.376 e. The minimum absolute atomic E-state index is 0.0510. The normalized spacial score (nSPS) is 17.0. The van der Waals surface area contributed by atoms with E-state index in [0.29, 0.717) is 12.3 Å². The predicted molar refractivity (Wildman–Crippen MR) is 107 cm³/mol. The van der Waals surface area contributed by atoms with Crippen LogP contribution < -0.4 is 5.32 Å². The number of fused-ring (bicyclic) bond motifs is 1. The van der Waals surface area contributed by atoms with E-state index in [0.717, 1.165) is 48.6 Å². The highest BCUT2D eigenvalue weighted by Crippen LogP contribution is 2.24. The van der Waals surface area contributed by atoms with Crippen LogP contribution in [-0.2, 0) is 16.1 Å². The van der Waals surface area contributed by atoms with Gasteiger partial charge in [-0.25, -0.2) is 4.98 Å². The number of amides is 1. The summed E-state index contributed by atoms with van der Waals surface area (Å²) in [6, 6.07) is 8.22. The number of thioether (sulfide) groups is 1. The Bertz CT molecular complexity index is 710. The molecule has 1 N–H and O–H groups in total. The van der Waals surface area contributed by atoms with E-state index < -0.39 is 0 Å². The van der Waals surface area contributed by atoms with Gasteiger partial charge < -0.3 is 14.6 Å². The molecule has 1 aromatic heterocycles. The number of benzene rings is 1. The van der Waals surface area contributed by atoms with Crippen molar-refractivity contribution >= 4 is 28.7 Å². The third kappa shape index (κ3) is 5.24. The molecule has 1 saturated heterocycles. The molecule has 2 heterocycles. The second kappa shape index (κ2) is 9.97. The van der Waals surface area contributed by atoms with Gasteiger partial charge in [-0.3, -0.25) is 4.79 Å². The molecular weight excluding hydrogens is 346 g/mol. The van der Waals surface area contributed by atoms with Crippen LogP contribution in [0.2, 0.25) is 0 Å². The number of carbonyl (C=O) groups is 1. The van der Waals surface area contributed by atoms with Crippen LogP contribution in [0.15, 0.2) is 29.4 Å². The summed E-state index contributed by atoms with van der Waals surface area (Å²) in [6.45, 7) is 4.62. The Hall–Kier alpha value is -1.53. The van der Waals surface area contributed by atoms with E-state index in [1.54, 1.807) is 0 Å². The molecule has 5 nitrogen and oxygen atoms in total. The monoisotopic (exact) mass is 375 g/mol. The second-order valence-electron chi connectivity index (χ2n) is 6.82. The van der Waals surface area contributed by atoms with Crippen molar-refractivity contribution in [3.05, 3.63) is 24.3 Å². The summed E-state index contributed by atoms with van der Waals surface area (Å²) in [4.78, 5) is 16.9. The van der Waals surface area contributed by atoms with Gasteiger partial charge in [0.25, 0.3) is 0 Å². The van der Waals surface area contributed by atoms with Gasteiger partial charge >= 0.3 is 0 Å². The smallest absolute Gasteiger partial charge is 0.230 e. The predicted octanol–water partition coefficient (Wildman–Crippen LogP) is 4.00. The van der Waals surface area contributed by atoms with E-state index >= 15 is 0 Å². The molecule has 0 saturated carbocycles. The highest BCUT2D eigenvalue weighted by atomic mass is 32.2. The minimum Gasteiger partial charge on any atom is -0.376 e. The van der Waals surface area contributed by atoms with E-state index in [-0.39, 0.29) is 12.0 Å². The minimum atomic E-state index is 0.0510. The van der Waals surface area contributed by atoms with Gasteiger partial charge in [-0.2, -0.15) is 0 Å². The van der Waals surface area contributed by atoms with Gasteiger partial charge in [-0.05, 0) is 31.4 Å². The lowest BCUT2D eigenvalue weighted by molar-refractivity contribution is -0.119. The Kier molecular flexibility index (Phi) is 7.38. The number of nitrogens with zero attached hydrogens (tertiary/aromatic N) is 2. The van der Waals surface area contributed by atoms with Crippen LogP contribution in [0.25, 0.3) is 11.0 Å². The molecule has 1 fully saturated rings. The zero-order valence-corrected chi connectivity index (χ0v) is 16.4. The summed E-state index contributed by atoms with van der Waals surface area (Å²) in [7, 11) is 0. The van der Waals surface area contributed by atoms with Gasteiger partial charge in [0, 0.05) is 19.7 Å². The zero-order valence-electron chi connectivity index (χ0n) is 15.6. The molecule has 0 radical (unpaired) electrons. The maximum atomic E-state index is 12.2. The standard InChI is InChI=1S/C20H29N3O2S/c1-2-3-4-7-12-23-18-11-6-5-10-17(18)22-20(23)26-15-19(24)21-14-16-9-8-13-25-16/h5-6,10-11,16H,2-4,7-9,12-15H2,1H3,(H,21,24). The summed E-state index contributed by atoms with van der Waals surface area (Å²) in [5, 5.41) is 3.93. The Morgan fingerprint density at radius 2 is 2.23 bits per heavy atom. The molecule has 6 heteroatoms. The van der Waals surface area contributed by atoms with Crippen LogP contribution in [0, 0.1) is 0 Å². The number of hydrogen-bond donors (Lipinski definition) is 1. The first-order chi connectivity index (χ1) is 12.8. The van der Waals surface area contributed by atoms with Gasteiger partial charge in [0.05, 0.1) is 22.9 Å². The number of aryl methyl sites for hydroxylation is 1. The van der Waals surface area contributed by atoms with Crippen molar-refractivity contribution in [1.29, 1.82) is 0 Å². The molecule has 0 bridgehead atoms. The van der Waals surface area contributed by atoms with Gasteiger partial charge in [-0.1, -0.05) is 50.1 Å². The topological polar surface area (TPSA) is 56.2 Å². The number of ether oxygens (including phenoxy) is 1. The third-order valence-corrected chi connectivity index (χ3v) is 5.71. The zero-order chi connectivity index (χ0) is 18.2. The highest BCUT2D eigenvalue weighted by Gasteiger charge is 2.17. The van der Waals surface area contributed by atoms with Crippen molar-refractivity contribution in [2.24, 2.45) is 0 Å². The van der Waals surface area contributed by atoms with Crippen molar-refractivity contribution in [2.75, 3.05) is 18.9 Å². The van der Waals surface area contributed by atoms with Crippen molar-refractivity contribution in [3.63, 3.8) is 0 Å². The highest BCUT2D eigenvalue weighted by molar-refractivity contribution is 7.99. The molecule has 26 heavy (non-hydrogen) atoms. The van der Waals surface area contributed by atoms with Crippen molar-refractivity contribution < 1.29 is 9.53 Å². The summed E-state index contributed by atoms with van der Waals surface area (Å²) >= 11 is 1.53. The van der Waals surface area contributed by atoms with Crippen LogP contribution in [-0.4, -0.2) is 40.5 Å². The van der Waals surface area contributed by atoms with E-state index in [1.807, 2.05) is 12.1 Å². The summed E-state index contributed by atoms with van der Waals surface area (Å²) in [5.74, 6) is 0.445. The number of unbranched alkanes of at least 4 members (excludes halogenated alkanes) is 3. The van der Waals surface area contributed by atoms with Crippen molar-refractivity contribution in [2.45, 2.75) is 63.3 Å². The number of nitrogens with one attached hydrogen (secondary N) is 1. The Morgan fingerprint density at radius 1 is 1.35 bits per heavy atom. The van der Waals surface area contributed by atoms with Gasteiger partial charge in [0.15, 0.2) is 5.16 Å². The quantitative estimate of drug-likeness (QED) is 0.504. The average molecular weight is 376 g/mol. The fourth-order valence-corrected chi connectivity index (χ4v) is 4.16. The maximum Gasteiger partial charge on any atom is 0.230 e. The Labute approximate surface area is 159 Å². The van der Waals surface area contributed by atoms with Crippen LogP contribution in [0.4, 0.5) is 0 Å². The summed E-state index contributed by atoms with van der Waals surface area (Å²) < 4.78 is 7.82. The van der Waals surface area contributed by atoms with Crippen molar-refractivity contribution in [3.8, 4) is 0 Å². The van der Waals surface area contributed by atoms with Gasteiger partial charge in [0.2, 0.25) is 5.91 Å². The molecule has 1 unspecified atom stereocenters. The number of para-hydroxylation sites is 2. The number of aromatic nitrogens is 2. The van der Waals surface area contributed by atoms with Gasteiger partial charge in [0.1, 0.15) is 0 Å². The lowest BCUT2D eigenvalue weighted by Crippen LogP contribution is -2.32. The van der Waals surface area contributed by atoms with Crippen LogP contribution >= 0.6 is 11.8 Å². The van der Waals surface area contributed by atoms with Crippen LogP contribution in [0.3, 0.4) is 0 Å². The first-order valence-electron chi connectivity index (χ1n) is 9.74. The molecule has 142 valence electrons. The molecule has 3 rings (SSSR count). The van der Waals surface area contributed by atoms with E-state index in [9.17, 15) is 4.79 Å². The Balaban J connectivity index is 1.57. The lowest BCUT2D eigenvalue weighted by Gasteiger charge is -2.11. The molecule has 1 aliphatic rings. The van der Waals surface area contributed by atoms with E-state index in [1.165, 1.54) is 31.0 Å². The molecule has 2 aromatic rings. The molecule has 1 aliphatic heterocycles. The summed E-state index contributed by atoms with van der Waals surface area (Å²) in [6.07, 6.45) is 7.20. The first-order valence-corrected chi connectivity index (χ1v) is 10.7. The molecule has 1 amide bonds. The summed E-state index contributed by atoms with van der Waals surface area (Å²) in [5.41, 5.74) is 2.16. The van der Waals surface area contributed by atoms with Crippen LogP contribution in [0.5, 0.6) is 0 Å².